The molecule has 2 aliphatic carbocycles. The second kappa shape index (κ2) is 9.52. The molecule has 0 amide bonds. The van der Waals surface area contributed by atoms with Crippen LogP contribution >= 0.6 is 0 Å². The molecule has 0 fully saturated rings. The van der Waals surface area contributed by atoms with Crippen molar-refractivity contribution in [3.63, 3.8) is 0 Å². The van der Waals surface area contributed by atoms with Crippen LogP contribution in [0.3, 0.4) is 0 Å². The third-order valence-electron chi connectivity index (χ3n) is 6.61. The molecule has 36 heavy (non-hydrogen) atoms. The van der Waals surface area contributed by atoms with E-state index >= 15 is 0 Å². The number of nitrogens with one attached hydrogen (secondary N) is 1. The van der Waals surface area contributed by atoms with E-state index in [4.69, 9.17) is 0 Å². The second-order valence-electron chi connectivity index (χ2n) is 8.80. The molecule has 8 heteroatoms. The summed E-state index contributed by atoms with van der Waals surface area (Å²) in [4.78, 5) is 4.74. The van der Waals surface area contributed by atoms with Gasteiger partial charge in [0, 0.05) is 12.4 Å². The Balaban J connectivity index is 0.000000186. The van der Waals surface area contributed by atoms with Gasteiger partial charge in [0.1, 0.15) is 4.90 Å². The Bertz CT molecular complexity index is 1840. The number of nitrogens with zero attached hydrogens (tertiary/aromatic N) is 1. The van der Waals surface area contributed by atoms with Crippen LogP contribution in [-0.2, 0) is 32.7 Å². The molecule has 1 N–H and O–H groups in total. The minimum atomic E-state index is -3.34. The SMILES string of the molecule is C=CCS(=O)(=O)C1=c2ccc3c(c2CCC1)CC=c1ccccc1=3.O=S1(=O)NC=Cc2ncccc21. The first-order valence-corrected chi connectivity index (χ1v) is 14.9. The predicted molar refractivity (Wildman–Crippen MR) is 142 cm³/mol. The third-order valence-corrected chi connectivity index (χ3v) is 9.83. The van der Waals surface area contributed by atoms with Gasteiger partial charge in [0.05, 0.1) is 16.4 Å². The van der Waals surface area contributed by atoms with E-state index in [0.717, 1.165) is 24.5 Å². The lowest BCUT2D eigenvalue weighted by atomic mass is 9.89. The van der Waals surface area contributed by atoms with Gasteiger partial charge in [-0.15, -0.1) is 6.58 Å². The second-order valence-corrected chi connectivity index (χ2v) is 12.5. The topological polar surface area (TPSA) is 93.2 Å². The van der Waals surface area contributed by atoms with Crippen molar-refractivity contribution in [2.24, 2.45) is 0 Å². The van der Waals surface area contributed by atoms with E-state index in [1.54, 1.807) is 18.3 Å². The normalized spacial score (nSPS) is 16.5. The van der Waals surface area contributed by atoms with Gasteiger partial charge in [-0.1, -0.05) is 48.6 Å². The number of hydrogen-bond donors (Lipinski definition) is 1. The molecule has 3 aromatic rings. The van der Waals surface area contributed by atoms with Crippen LogP contribution in [0.2, 0.25) is 0 Å². The number of sulfonamides is 1. The molecule has 6 rings (SSSR count). The molecule has 0 unspecified atom stereocenters. The molecule has 184 valence electrons. The van der Waals surface area contributed by atoms with Gasteiger partial charge >= 0.3 is 0 Å². The molecule has 1 aromatic heterocycles. The number of fused-ring (bicyclic) bond motifs is 5. The van der Waals surface area contributed by atoms with E-state index < -0.39 is 19.9 Å². The molecular formula is C28H26N2O4S2. The van der Waals surface area contributed by atoms with Crippen molar-refractivity contribution in [3.8, 4) is 0 Å². The van der Waals surface area contributed by atoms with Crippen molar-refractivity contribution in [2.75, 3.05) is 5.75 Å². The zero-order chi connectivity index (χ0) is 25.3. The van der Waals surface area contributed by atoms with Gasteiger partial charge in [0.15, 0.2) is 9.84 Å². The maximum absolute atomic E-state index is 12.6. The summed E-state index contributed by atoms with van der Waals surface area (Å²) in [6.07, 6.45) is 11.7. The van der Waals surface area contributed by atoms with Crippen molar-refractivity contribution in [2.45, 2.75) is 30.6 Å². The largest absolute Gasteiger partial charge is 0.286 e. The van der Waals surface area contributed by atoms with E-state index in [9.17, 15) is 16.8 Å². The van der Waals surface area contributed by atoms with Crippen LogP contribution in [0.4, 0.5) is 0 Å². The third kappa shape index (κ3) is 4.42. The quantitative estimate of drug-likeness (QED) is 0.538. The van der Waals surface area contributed by atoms with Crippen molar-refractivity contribution >= 4 is 36.9 Å². The Morgan fingerprint density at radius 1 is 0.972 bits per heavy atom. The molecule has 3 aliphatic rings. The summed E-state index contributed by atoms with van der Waals surface area (Å²) in [5, 5.41) is 4.72. The number of rotatable bonds is 3. The van der Waals surface area contributed by atoms with Gasteiger partial charge in [-0.25, -0.2) is 16.8 Å². The summed E-state index contributed by atoms with van der Waals surface area (Å²) in [6, 6.07) is 15.7. The number of hydrogen-bond acceptors (Lipinski definition) is 5. The fraction of sp³-hybridized carbons (Fsp3) is 0.179. The standard InChI is InChI=1S/C21H20O2S.C7H6N2O2S/c1-2-14-24(22,23)21-9-5-8-17-19-11-10-15-6-3-4-7-16(15)18(19)12-13-20(17)21;10-12(11)7-2-1-4-8-6(7)3-5-9-12/h2-4,6-7,10,12-13H,1,5,8-9,11,14H2;1-5,9H. The molecular weight excluding hydrogens is 492 g/mol. The summed E-state index contributed by atoms with van der Waals surface area (Å²) in [6.45, 7) is 3.59. The van der Waals surface area contributed by atoms with Gasteiger partial charge in [-0.2, -0.15) is 0 Å². The first kappa shape index (κ1) is 24.2. The van der Waals surface area contributed by atoms with E-state index in [0.29, 0.717) is 17.0 Å². The molecule has 0 spiro atoms. The van der Waals surface area contributed by atoms with Crippen LogP contribution < -0.4 is 15.2 Å². The van der Waals surface area contributed by atoms with E-state index in [-0.39, 0.29) is 10.6 Å². The Labute approximate surface area is 210 Å². The molecule has 6 nitrogen and oxygen atoms in total. The highest BCUT2D eigenvalue weighted by atomic mass is 32.2. The van der Waals surface area contributed by atoms with Crippen LogP contribution in [0.1, 0.15) is 29.7 Å². The predicted octanol–water partition coefficient (Wildman–Crippen LogP) is 2.70. The van der Waals surface area contributed by atoms with Crippen LogP contribution in [0.15, 0.2) is 78.5 Å². The highest BCUT2D eigenvalue weighted by molar-refractivity contribution is 8.00. The highest BCUT2D eigenvalue weighted by Gasteiger charge is 2.23. The van der Waals surface area contributed by atoms with Crippen molar-refractivity contribution in [3.05, 3.63) is 111 Å². The van der Waals surface area contributed by atoms with Gasteiger partial charge in [-0.05, 0) is 75.9 Å². The van der Waals surface area contributed by atoms with E-state index in [1.165, 1.54) is 45.1 Å². The van der Waals surface area contributed by atoms with Crippen LogP contribution in [0, 0.1) is 10.4 Å². The monoisotopic (exact) mass is 518 g/mol. The molecule has 0 bridgehead atoms. The van der Waals surface area contributed by atoms with Gasteiger partial charge in [-0.3, -0.25) is 9.71 Å². The Hall–Kier alpha value is -3.49. The summed E-state index contributed by atoms with van der Waals surface area (Å²) in [7, 11) is -6.59. The Morgan fingerprint density at radius 3 is 2.58 bits per heavy atom. The fourth-order valence-corrected chi connectivity index (χ4v) is 7.54. The van der Waals surface area contributed by atoms with Crippen molar-refractivity contribution in [1.82, 2.24) is 9.71 Å². The zero-order valence-corrected chi connectivity index (χ0v) is 21.3. The molecule has 0 atom stereocenters. The molecule has 0 saturated carbocycles. The maximum atomic E-state index is 12.6. The fourth-order valence-electron chi connectivity index (χ4n) is 5.02. The first-order valence-electron chi connectivity index (χ1n) is 11.7. The van der Waals surface area contributed by atoms with E-state index in [1.807, 2.05) is 6.07 Å². The average Bonchev–Trinajstić information content (AvgIpc) is 2.88. The smallest absolute Gasteiger partial charge is 0.263 e. The molecule has 2 aromatic carbocycles. The lowest BCUT2D eigenvalue weighted by molar-refractivity contribution is 0.589. The van der Waals surface area contributed by atoms with Crippen LogP contribution in [-0.4, -0.2) is 27.6 Å². The Kier molecular flexibility index (Phi) is 6.40. The van der Waals surface area contributed by atoms with Gasteiger partial charge in [0.25, 0.3) is 10.0 Å². The summed E-state index contributed by atoms with van der Waals surface area (Å²) in [5.74, 6) is 0.0216. The number of pyridine rings is 1. The molecule has 0 saturated heterocycles. The van der Waals surface area contributed by atoms with Crippen LogP contribution in [0.5, 0.6) is 0 Å². The number of sulfone groups is 1. The Morgan fingerprint density at radius 2 is 1.78 bits per heavy atom. The van der Waals surface area contributed by atoms with Crippen molar-refractivity contribution in [1.29, 1.82) is 0 Å². The molecule has 0 radical (unpaired) electrons. The minimum Gasteiger partial charge on any atom is -0.286 e. The lowest BCUT2D eigenvalue weighted by Gasteiger charge is -2.20. The summed E-state index contributed by atoms with van der Waals surface area (Å²) >= 11 is 0. The molecule has 2 heterocycles. The highest BCUT2D eigenvalue weighted by Crippen LogP contribution is 2.24. The number of aromatic nitrogens is 1. The number of benzene rings is 2. The average molecular weight is 519 g/mol. The lowest BCUT2D eigenvalue weighted by Crippen LogP contribution is -2.26. The zero-order valence-electron chi connectivity index (χ0n) is 19.6. The maximum Gasteiger partial charge on any atom is 0.263 e. The van der Waals surface area contributed by atoms with Gasteiger partial charge < -0.3 is 0 Å². The minimum absolute atomic E-state index is 0.0216. The summed E-state index contributed by atoms with van der Waals surface area (Å²) in [5.41, 5.74) is 3.01. The first-order chi connectivity index (χ1) is 17.3. The van der Waals surface area contributed by atoms with E-state index in [2.05, 4.69) is 52.7 Å². The van der Waals surface area contributed by atoms with Crippen LogP contribution in [0.25, 0.3) is 17.1 Å². The van der Waals surface area contributed by atoms with Crippen molar-refractivity contribution < 1.29 is 16.8 Å². The summed E-state index contributed by atoms with van der Waals surface area (Å²) < 4.78 is 50.0. The molecule has 1 aliphatic heterocycles. The van der Waals surface area contributed by atoms with Gasteiger partial charge in [0.2, 0.25) is 0 Å².